The summed E-state index contributed by atoms with van der Waals surface area (Å²) in [6.45, 7) is 8.80. The molecular formula is C19H21N. The van der Waals surface area contributed by atoms with Crippen molar-refractivity contribution in [1.29, 1.82) is 0 Å². The van der Waals surface area contributed by atoms with E-state index in [-0.39, 0.29) is 0 Å². The highest BCUT2D eigenvalue weighted by atomic mass is 15.0. The van der Waals surface area contributed by atoms with Crippen molar-refractivity contribution in [2.75, 3.05) is 0 Å². The van der Waals surface area contributed by atoms with E-state index < -0.39 is 0 Å². The van der Waals surface area contributed by atoms with Crippen molar-refractivity contribution in [2.24, 2.45) is 0 Å². The first-order valence-electron chi connectivity index (χ1n) is 7.24. The van der Waals surface area contributed by atoms with Gasteiger partial charge in [0.05, 0.1) is 0 Å². The lowest BCUT2D eigenvalue weighted by Crippen LogP contribution is -1.97. The van der Waals surface area contributed by atoms with Crippen molar-refractivity contribution in [1.82, 2.24) is 4.57 Å². The molecule has 0 aliphatic heterocycles. The van der Waals surface area contributed by atoms with Gasteiger partial charge in [-0.25, -0.2) is 0 Å². The first-order chi connectivity index (χ1) is 9.56. The Bertz CT molecular complexity index is 742. The Balaban J connectivity index is 2.31. The standard InChI is InChI=1S/C19H21N/c1-13(2)20-12-18(17-7-5-6-8-19(17)20)16-10-14(3)9-15(4)11-16/h5-13H,1-4H3. The highest BCUT2D eigenvalue weighted by molar-refractivity contribution is 5.96. The molecule has 0 bridgehead atoms. The molecule has 1 nitrogen and oxygen atoms in total. The van der Waals surface area contributed by atoms with Gasteiger partial charge in [0.2, 0.25) is 0 Å². The van der Waals surface area contributed by atoms with Crippen LogP contribution in [0.1, 0.15) is 31.0 Å². The van der Waals surface area contributed by atoms with Crippen LogP contribution in [0.4, 0.5) is 0 Å². The summed E-state index contributed by atoms with van der Waals surface area (Å²) in [4.78, 5) is 0. The lowest BCUT2D eigenvalue weighted by atomic mass is 10.0. The second-order valence-corrected chi connectivity index (χ2v) is 5.94. The predicted molar refractivity (Wildman–Crippen MR) is 87.2 cm³/mol. The van der Waals surface area contributed by atoms with E-state index in [1.165, 1.54) is 33.2 Å². The Morgan fingerprint density at radius 3 is 2.20 bits per heavy atom. The average molecular weight is 263 g/mol. The van der Waals surface area contributed by atoms with Crippen LogP contribution >= 0.6 is 0 Å². The Kier molecular flexibility index (Phi) is 3.13. The molecule has 1 heteroatoms. The Labute approximate surface area is 120 Å². The van der Waals surface area contributed by atoms with Gasteiger partial charge in [-0.05, 0) is 39.3 Å². The zero-order valence-corrected chi connectivity index (χ0v) is 12.6. The normalized spacial score (nSPS) is 11.4. The molecule has 0 N–H and O–H groups in total. The minimum atomic E-state index is 0.472. The fourth-order valence-electron chi connectivity index (χ4n) is 2.99. The van der Waals surface area contributed by atoms with Gasteiger partial charge in [0.15, 0.2) is 0 Å². The van der Waals surface area contributed by atoms with Crippen LogP contribution in [0.15, 0.2) is 48.7 Å². The van der Waals surface area contributed by atoms with Gasteiger partial charge in [-0.15, -0.1) is 0 Å². The third-order valence-electron chi connectivity index (χ3n) is 3.83. The number of aromatic nitrogens is 1. The molecule has 0 unspecified atom stereocenters. The Hall–Kier alpha value is -2.02. The Morgan fingerprint density at radius 1 is 0.900 bits per heavy atom. The van der Waals surface area contributed by atoms with Gasteiger partial charge in [-0.2, -0.15) is 0 Å². The van der Waals surface area contributed by atoms with Crippen molar-refractivity contribution < 1.29 is 0 Å². The summed E-state index contributed by atoms with van der Waals surface area (Å²) in [6, 6.07) is 15.9. The van der Waals surface area contributed by atoms with Crippen LogP contribution in [-0.2, 0) is 0 Å². The first-order valence-corrected chi connectivity index (χ1v) is 7.24. The van der Waals surface area contributed by atoms with Crippen LogP contribution in [0.25, 0.3) is 22.0 Å². The topological polar surface area (TPSA) is 4.93 Å². The summed E-state index contributed by atoms with van der Waals surface area (Å²) < 4.78 is 2.36. The second-order valence-electron chi connectivity index (χ2n) is 5.94. The third-order valence-corrected chi connectivity index (χ3v) is 3.83. The van der Waals surface area contributed by atoms with Gasteiger partial charge in [0.1, 0.15) is 0 Å². The minimum Gasteiger partial charge on any atom is -0.344 e. The molecule has 102 valence electrons. The molecule has 0 saturated carbocycles. The molecule has 0 spiro atoms. The average Bonchev–Trinajstić information content (AvgIpc) is 2.77. The van der Waals surface area contributed by atoms with Crippen LogP contribution in [-0.4, -0.2) is 4.57 Å². The van der Waals surface area contributed by atoms with E-state index in [9.17, 15) is 0 Å². The minimum absolute atomic E-state index is 0.472. The number of hydrogen-bond donors (Lipinski definition) is 0. The molecule has 0 fully saturated rings. The van der Waals surface area contributed by atoms with Gasteiger partial charge < -0.3 is 4.57 Å². The maximum Gasteiger partial charge on any atom is 0.0489 e. The van der Waals surface area contributed by atoms with Gasteiger partial charge in [0, 0.05) is 28.7 Å². The molecule has 0 atom stereocenters. The number of rotatable bonds is 2. The maximum absolute atomic E-state index is 2.36. The lowest BCUT2D eigenvalue weighted by Gasteiger charge is -2.08. The molecule has 20 heavy (non-hydrogen) atoms. The summed E-state index contributed by atoms with van der Waals surface area (Å²) >= 11 is 0. The summed E-state index contributed by atoms with van der Waals surface area (Å²) in [5.41, 5.74) is 6.61. The summed E-state index contributed by atoms with van der Waals surface area (Å²) in [6.07, 6.45) is 2.30. The lowest BCUT2D eigenvalue weighted by molar-refractivity contribution is 0.623. The van der Waals surface area contributed by atoms with Crippen molar-refractivity contribution in [3.05, 3.63) is 59.8 Å². The number of fused-ring (bicyclic) bond motifs is 1. The fraction of sp³-hybridized carbons (Fsp3) is 0.263. The van der Waals surface area contributed by atoms with Crippen LogP contribution in [0.5, 0.6) is 0 Å². The molecule has 1 heterocycles. The molecule has 0 aliphatic rings. The van der Waals surface area contributed by atoms with E-state index in [0.29, 0.717) is 6.04 Å². The van der Waals surface area contributed by atoms with Crippen LogP contribution in [0.3, 0.4) is 0 Å². The van der Waals surface area contributed by atoms with Crippen molar-refractivity contribution in [3.8, 4) is 11.1 Å². The second kappa shape index (κ2) is 4.82. The largest absolute Gasteiger partial charge is 0.344 e. The van der Waals surface area contributed by atoms with Crippen molar-refractivity contribution >= 4 is 10.9 Å². The molecule has 0 aliphatic carbocycles. The van der Waals surface area contributed by atoms with Gasteiger partial charge in [0.25, 0.3) is 0 Å². The highest BCUT2D eigenvalue weighted by Gasteiger charge is 2.12. The van der Waals surface area contributed by atoms with Crippen LogP contribution < -0.4 is 0 Å². The van der Waals surface area contributed by atoms with E-state index in [2.05, 4.69) is 80.9 Å². The monoisotopic (exact) mass is 263 g/mol. The summed E-state index contributed by atoms with van der Waals surface area (Å²) in [5.74, 6) is 0. The number of hydrogen-bond acceptors (Lipinski definition) is 0. The molecule has 0 amide bonds. The Morgan fingerprint density at radius 2 is 1.55 bits per heavy atom. The molecular weight excluding hydrogens is 242 g/mol. The predicted octanol–water partition coefficient (Wildman–Crippen LogP) is 5.51. The zero-order valence-electron chi connectivity index (χ0n) is 12.6. The molecule has 3 rings (SSSR count). The zero-order chi connectivity index (χ0) is 14.3. The summed E-state index contributed by atoms with van der Waals surface area (Å²) in [5, 5.41) is 1.34. The highest BCUT2D eigenvalue weighted by Crippen LogP contribution is 2.33. The molecule has 3 aromatic rings. The quantitative estimate of drug-likeness (QED) is 0.575. The number of nitrogens with zero attached hydrogens (tertiary/aromatic N) is 1. The van der Waals surface area contributed by atoms with E-state index in [1.807, 2.05) is 0 Å². The molecule has 2 aromatic carbocycles. The van der Waals surface area contributed by atoms with E-state index in [1.54, 1.807) is 0 Å². The SMILES string of the molecule is Cc1cc(C)cc(-c2cn(C(C)C)c3ccccc23)c1. The van der Waals surface area contributed by atoms with E-state index >= 15 is 0 Å². The number of benzene rings is 2. The molecule has 0 saturated heterocycles. The number of para-hydroxylation sites is 1. The van der Waals surface area contributed by atoms with Crippen LogP contribution in [0, 0.1) is 13.8 Å². The van der Waals surface area contributed by atoms with Crippen molar-refractivity contribution in [2.45, 2.75) is 33.7 Å². The fourth-order valence-corrected chi connectivity index (χ4v) is 2.99. The molecule has 1 aromatic heterocycles. The maximum atomic E-state index is 2.36. The van der Waals surface area contributed by atoms with Gasteiger partial charge in [-0.1, -0.05) is 47.5 Å². The third kappa shape index (κ3) is 2.14. The smallest absolute Gasteiger partial charge is 0.0489 e. The van der Waals surface area contributed by atoms with Crippen LogP contribution in [0.2, 0.25) is 0 Å². The first kappa shape index (κ1) is 13.0. The van der Waals surface area contributed by atoms with Crippen molar-refractivity contribution in [3.63, 3.8) is 0 Å². The van der Waals surface area contributed by atoms with E-state index in [0.717, 1.165) is 0 Å². The van der Waals surface area contributed by atoms with E-state index in [4.69, 9.17) is 0 Å². The number of aryl methyl sites for hydroxylation is 2. The summed E-state index contributed by atoms with van der Waals surface area (Å²) in [7, 11) is 0. The van der Waals surface area contributed by atoms with Gasteiger partial charge >= 0.3 is 0 Å². The van der Waals surface area contributed by atoms with Gasteiger partial charge in [-0.3, -0.25) is 0 Å². The molecule has 0 radical (unpaired) electrons.